The summed E-state index contributed by atoms with van der Waals surface area (Å²) in [6, 6.07) is 8.70. The van der Waals surface area contributed by atoms with Crippen LogP contribution in [0.2, 0.25) is 0 Å². The molecule has 1 aliphatic carbocycles. The minimum atomic E-state index is 0.0945. The molecule has 1 aromatic rings. The van der Waals surface area contributed by atoms with Crippen LogP contribution in [0, 0.1) is 12.3 Å². The summed E-state index contributed by atoms with van der Waals surface area (Å²) in [5, 5.41) is 0. The van der Waals surface area contributed by atoms with Crippen molar-refractivity contribution in [3.8, 4) is 0 Å². The number of benzene rings is 1. The van der Waals surface area contributed by atoms with Gasteiger partial charge in [-0.1, -0.05) is 74.1 Å². The lowest BCUT2D eigenvalue weighted by Crippen LogP contribution is -2.10. The molecule has 0 heterocycles. The van der Waals surface area contributed by atoms with Gasteiger partial charge >= 0.3 is 0 Å². The van der Waals surface area contributed by atoms with Gasteiger partial charge < -0.3 is 0 Å². The topological polar surface area (TPSA) is 0 Å². The molecular weight excluding hydrogens is 192 g/mol. The van der Waals surface area contributed by atoms with E-state index in [0.717, 1.165) is 0 Å². The Balaban J connectivity index is 2.50. The first-order valence-corrected chi connectivity index (χ1v) is 5.73. The maximum absolute atomic E-state index is 2.25. The van der Waals surface area contributed by atoms with E-state index in [1.807, 2.05) is 0 Å². The van der Waals surface area contributed by atoms with Gasteiger partial charge in [-0.2, -0.15) is 0 Å². The number of aryl methyl sites for hydroxylation is 1. The molecule has 1 aromatic carbocycles. The van der Waals surface area contributed by atoms with E-state index in [9.17, 15) is 0 Å². The number of allylic oxidation sites excluding steroid dienone is 6. The average molecular weight is 210 g/mol. The fourth-order valence-corrected chi connectivity index (χ4v) is 2.10. The van der Waals surface area contributed by atoms with Crippen molar-refractivity contribution in [1.82, 2.24) is 0 Å². The van der Waals surface area contributed by atoms with E-state index in [0.29, 0.717) is 0 Å². The van der Waals surface area contributed by atoms with Crippen molar-refractivity contribution in [3.05, 3.63) is 65.8 Å². The van der Waals surface area contributed by atoms with Crippen molar-refractivity contribution in [2.24, 2.45) is 5.41 Å². The molecule has 0 saturated heterocycles. The fraction of sp³-hybridized carbons (Fsp3) is 0.250. The Morgan fingerprint density at radius 1 is 1.00 bits per heavy atom. The lowest BCUT2D eigenvalue weighted by molar-refractivity contribution is 0.650. The largest absolute Gasteiger partial charge is 0.0745 e. The second-order valence-corrected chi connectivity index (χ2v) is 4.92. The van der Waals surface area contributed by atoms with Crippen molar-refractivity contribution < 1.29 is 0 Å². The Bertz CT molecular complexity index is 471. The maximum atomic E-state index is 2.25. The fourth-order valence-electron chi connectivity index (χ4n) is 2.10. The summed E-state index contributed by atoms with van der Waals surface area (Å²) in [5.74, 6) is 0. The minimum Gasteiger partial charge on any atom is -0.0745 e. The van der Waals surface area contributed by atoms with Crippen LogP contribution >= 0.6 is 0 Å². The molecule has 0 nitrogen and oxygen atoms in total. The summed E-state index contributed by atoms with van der Waals surface area (Å²) in [5.41, 5.74) is 4.10. The molecule has 0 aromatic heterocycles. The van der Waals surface area contributed by atoms with E-state index in [-0.39, 0.29) is 5.41 Å². The second kappa shape index (κ2) is 4.13. The predicted molar refractivity (Wildman–Crippen MR) is 71.2 cm³/mol. The Hall–Kier alpha value is -1.56. The molecule has 0 amide bonds. The Kier molecular flexibility index (Phi) is 2.82. The molecule has 0 spiro atoms. The van der Waals surface area contributed by atoms with E-state index in [4.69, 9.17) is 0 Å². The van der Waals surface area contributed by atoms with Crippen molar-refractivity contribution >= 4 is 5.57 Å². The first-order chi connectivity index (χ1) is 7.59. The molecule has 0 bridgehead atoms. The molecule has 1 aliphatic rings. The SMILES string of the molecule is Cc1cccc(C2=CC=CC=CC2(C)C)c1. The Labute approximate surface area is 98.0 Å². The van der Waals surface area contributed by atoms with Gasteiger partial charge in [0.05, 0.1) is 0 Å². The molecule has 0 radical (unpaired) electrons. The van der Waals surface area contributed by atoms with Gasteiger partial charge in [0, 0.05) is 5.41 Å². The molecule has 0 N–H and O–H groups in total. The van der Waals surface area contributed by atoms with E-state index >= 15 is 0 Å². The van der Waals surface area contributed by atoms with Gasteiger partial charge in [-0.15, -0.1) is 0 Å². The van der Waals surface area contributed by atoms with Gasteiger partial charge in [-0.25, -0.2) is 0 Å². The zero-order valence-electron chi connectivity index (χ0n) is 10.2. The number of rotatable bonds is 1. The van der Waals surface area contributed by atoms with Crippen LogP contribution in [0.4, 0.5) is 0 Å². The van der Waals surface area contributed by atoms with Crippen LogP contribution in [0.25, 0.3) is 5.57 Å². The van der Waals surface area contributed by atoms with Crippen molar-refractivity contribution in [3.63, 3.8) is 0 Å². The van der Waals surface area contributed by atoms with Crippen LogP contribution in [0.5, 0.6) is 0 Å². The highest BCUT2D eigenvalue weighted by Gasteiger charge is 2.21. The van der Waals surface area contributed by atoms with Crippen LogP contribution in [-0.4, -0.2) is 0 Å². The van der Waals surface area contributed by atoms with Crippen molar-refractivity contribution in [2.75, 3.05) is 0 Å². The molecule has 0 atom stereocenters. The highest BCUT2D eigenvalue weighted by atomic mass is 14.2. The molecule has 0 unspecified atom stereocenters. The first-order valence-electron chi connectivity index (χ1n) is 5.73. The molecular formula is C16H18. The van der Waals surface area contributed by atoms with E-state index < -0.39 is 0 Å². The number of hydrogen-bond donors (Lipinski definition) is 0. The van der Waals surface area contributed by atoms with Gasteiger partial charge in [-0.05, 0) is 18.1 Å². The zero-order chi connectivity index (χ0) is 11.6. The molecule has 0 saturated carbocycles. The molecule has 16 heavy (non-hydrogen) atoms. The van der Waals surface area contributed by atoms with Crippen LogP contribution in [0.1, 0.15) is 25.0 Å². The summed E-state index contributed by atoms with van der Waals surface area (Å²) in [6.07, 6.45) is 10.8. The molecule has 2 rings (SSSR count). The summed E-state index contributed by atoms with van der Waals surface area (Å²) in [4.78, 5) is 0. The smallest absolute Gasteiger partial charge is 0.00843 e. The van der Waals surface area contributed by atoms with Crippen LogP contribution in [0.3, 0.4) is 0 Å². The third-order valence-corrected chi connectivity index (χ3v) is 3.02. The number of hydrogen-bond acceptors (Lipinski definition) is 0. The third kappa shape index (κ3) is 2.16. The third-order valence-electron chi connectivity index (χ3n) is 3.02. The standard InChI is InChI=1S/C16H18/c1-13-8-7-9-14(12-13)15-10-5-4-6-11-16(15,2)3/h4-12H,1-3H3. The first kappa shape index (κ1) is 10.9. The van der Waals surface area contributed by atoms with Crippen LogP contribution in [0.15, 0.2) is 54.6 Å². The molecule has 0 aliphatic heterocycles. The summed E-state index contributed by atoms with van der Waals surface area (Å²) < 4.78 is 0. The zero-order valence-corrected chi connectivity index (χ0v) is 10.2. The lowest BCUT2D eigenvalue weighted by Gasteiger charge is -2.24. The highest BCUT2D eigenvalue weighted by molar-refractivity contribution is 5.73. The van der Waals surface area contributed by atoms with Crippen molar-refractivity contribution in [1.29, 1.82) is 0 Å². The van der Waals surface area contributed by atoms with Gasteiger partial charge in [0.2, 0.25) is 0 Å². The average Bonchev–Trinajstić information content (AvgIpc) is 2.39. The molecule has 0 fully saturated rings. The van der Waals surface area contributed by atoms with Gasteiger partial charge in [-0.3, -0.25) is 0 Å². The van der Waals surface area contributed by atoms with Crippen LogP contribution < -0.4 is 0 Å². The van der Waals surface area contributed by atoms with E-state index in [1.54, 1.807) is 0 Å². The summed E-state index contributed by atoms with van der Waals surface area (Å²) in [7, 11) is 0. The van der Waals surface area contributed by atoms with Crippen LogP contribution in [-0.2, 0) is 0 Å². The highest BCUT2D eigenvalue weighted by Crippen LogP contribution is 2.37. The molecule has 82 valence electrons. The Morgan fingerprint density at radius 3 is 2.56 bits per heavy atom. The van der Waals surface area contributed by atoms with Gasteiger partial charge in [0.15, 0.2) is 0 Å². The lowest BCUT2D eigenvalue weighted by atomic mass is 9.80. The predicted octanol–water partition coefficient (Wildman–Crippen LogP) is 4.53. The minimum absolute atomic E-state index is 0.0945. The molecule has 0 heteroatoms. The quantitative estimate of drug-likeness (QED) is 0.638. The second-order valence-electron chi connectivity index (χ2n) is 4.92. The normalized spacial score (nSPS) is 18.1. The maximum Gasteiger partial charge on any atom is 0.00843 e. The Morgan fingerprint density at radius 2 is 1.81 bits per heavy atom. The van der Waals surface area contributed by atoms with E-state index in [2.05, 4.69) is 75.4 Å². The van der Waals surface area contributed by atoms with Gasteiger partial charge in [0.25, 0.3) is 0 Å². The van der Waals surface area contributed by atoms with E-state index in [1.165, 1.54) is 16.7 Å². The monoisotopic (exact) mass is 210 g/mol. The van der Waals surface area contributed by atoms with Gasteiger partial charge in [0.1, 0.15) is 0 Å². The van der Waals surface area contributed by atoms with Crippen molar-refractivity contribution in [2.45, 2.75) is 20.8 Å². The summed E-state index contributed by atoms with van der Waals surface area (Å²) >= 11 is 0. The summed E-state index contributed by atoms with van der Waals surface area (Å²) in [6.45, 7) is 6.65.